The number of sulfone groups is 1. The molecule has 2 aromatic carbocycles. The van der Waals surface area contributed by atoms with E-state index in [4.69, 9.17) is 9.72 Å². The largest absolute Gasteiger partial charge is 0.469 e. The average molecular weight is 733 g/mol. The molecule has 0 radical (unpaired) electrons. The molecule has 3 heterocycles. The standard InChI is InChI=1S/C42H57FN4O4S/c1-3-40-44-22-25-46(40)30-42(34-10-7-11-35(43)26-34,39-12-6-9-32(39)8-4-5-13-41(48)51-2)33-20-23-45(24-21-33)27-31-28-47(29-31)36-14-16-37(17-15-36)52(49,50)38-18-19-38/h7,10-11,14-17,22,25-26,31-33,38-39H,3-6,8-9,12-13,18-21,23-24,27-30H2,1-2H3/t32-,39?,42-/m0/s1. The predicted octanol–water partition coefficient (Wildman–Crippen LogP) is 7.46. The van der Waals surface area contributed by atoms with Gasteiger partial charge in [0, 0.05) is 68.4 Å². The van der Waals surface area contributed by atoms with Crippen molar-refractivity contribution in [2.45, 2.75) is 106 Å². The molecule has 7 rings (SSSR count). The maximum atomic E-state index is 15.2. The lowest BCUT2D eigenvalue weighted by Crippen LogP contribution is -2.55. The number of nitrogens with zero attached hydrogens (tertiary/aromatic N) is 4. The number of imidazole rings is 1. The number of ether oxygens (including phenoxy) is 1. The van der Waals surface area contributed by atoms with E-state index in [1.54, 1.807) is 18.2 Å². The summed E-state index contributed by atoms with van der Waals surface area (Å²) in [6.45, 7) is 8.09. The van der Waals surface area contributed by atoms with Crippen LogP contribution in [0, 0.1) is 29.5 Å². The predicted molar refractivity (Wildman–Crippen MR) is 203 cm³/mol. The van der Waals surface area contributed by atoms with Crippen molar-refractivity contribution in [2.24, 2.45) is 23.7 Å². The van der Waals surface area contributed by atoms with E-state index in [2.05, 4.69) is 33.6 Å². The van der Waals surface area contributed by atoms with Crippen LogP contribution >= 0.6 is 0 Å². The zero-order valence-electron chi connectivity index (χ0n) is 31.1. The van der Waals surface area contributed by atoms with Crippen LogP contribution in [-0.2, 0) is 37.7 Å². The Hall–Kier alpha value is -3.24. The number of rotatable bonds is 16. The molecule has 0 amide bonds. The molecule has 0 N–H and O–H groups in total. The average Bonchev–Trinajstić information content (AvgIpc) is 3.75. The van der Waals surface area contributed by atoms with Gasteiger partial charge in [0.1, 0.15) is 11.6 Å². The van der Waals surface area contributed by atoms with Gasteiger partial charge in [-0.15, -0.1) is 0 Å². The lowest BCUT2D eigenvalue weighted by molar-refractivity contribution is -0.140. The first-order valence-electron chi connectivity index (χ1n) is 19.9. The number of piperidine rings is 1. The molecular weight excluding hydrogens is 676 g/mol. The Balaban J connectivity index is 1.06. The second kappa shape index (κ2) is 16.0. The van der Waals surface area contributed by atoms with Crippen LogP contribution < -0.4 is 4.90 Å². The topological polar surface area (TPSA) is 84.7 Å². The van der Waals surface area contributed by atoms with Gasteiger partial charge >= 0.3 is 5.97 Å². The number of benzene rings is 2. The highest BCUT2D eigenvalue weighted by molar-refractivity contribution is 7.92. The Morgan fingerprint density at radius 2 is 1.77 bits per heavy atom. The fourth-order valence-electron chi connectivity index (χ4n) is 10.1. The van der Waals surface area contributed by atoms with Gasteiger partial charge in [-0.05, 0) is 111 Å². The molecule has 2 saturated carbocycles. The summed E-state index contributed by atoms with van der Waals surface area (Å²) in [6.07, 6.45) is 15.5. The monoisotopic (exact) mass is 732 g/mol. The van der Waals surface area contributed by atoms with Crippen LogP contribution in [0.2, 0.25) is 0 Å². The summed E-state index contributed by atoms with van der Waals surface area (Å²) < 4.78 is 47.8. The van der Waals surface area contributed by atoms with Gasteiger partial charge < -0.3 is 19.1 Å². The van der Waals surface area contributed by atoms with Crippen molar-refractivity contribution in [3.05, 3.63) is 78.1 Å². The number of aryl methyl sites for hydroxylation is 1. The van der Waals surface area contributed by atoms with E-state index < -0.39 is 9.84 Å². The molecule has 1 aromatic heterocycles. The highest BCUT2D eigenvalue weighted by Gasteiger charge is 2.52. The molecule has 0 bridgehead atoms. The molecule has 2 saturated heterocycles. The van der Waals surface area contributed by atoms with Crippen LogP contribution in [0.5, 0.6) is 0 Å². The van der Waals surface area contributed by atoms with Gasteiger partial charge in [0.15, 0.2) is 9.84 Å². The molecule has 2 aliphatic carbocycles. The first-order chi connectivity index (χ1) is 25.2. The van der Waals surface area contributed by atoms with Crippen LogP contribution in [0.15, 0.2) is 65.8 Å². The van der Waals surface area contributed by atoms with Gasteiger partial charge in [-0.3, -0.25) is 4.79 Å². The third kappa shape index (κ3) is 7.84. The summed E-state index contributed by atoms with van der Waals surface area (Å²) >= 11 is 0. The second-order valence-corrected chi connectivity index (χ2v) is 18.3. The summed E-state index contributed by atoms with van der Waals surface area (Å²) in [5.74, 6) is 2.71. The van der Waals surface area contributed by atoms with Crippen molar-refractivity contribution in [3.8, 4) is 0 Å². The van der Waals surface area contributed by atoms with Gasteiger partial charge in [0.2, 0.25) is 0 Å². The van der Waals surface area contributed by atoms with Gasteiger partial charge in [0.05, 0.1) is 17.3 Å². The number of methoxy groups -OCH3 is 1. The Kier molecular flexibility index (Phi) is 11.4. The van der Waals surface area contributed by atoms with Crippen LogP contribution in [-0.4, -0.2) is 73.9 Å². The van der Waals surface area contributed by atoms with Crippen molar-refractivity contribution in [1.29, 1.82) is 0 Å². The quantitative estimate of drug-likeness (QED) is 0.112. The molecule has 2 aliphatic heterocycles. The number of carbonyl (C=O) groups is 1. The summed E-state index contributed by atoms with van der Waals surface area (Å²) in [7, 11) is -1.70. The molecule has 1 unspecified atom stereocenters. The van der Waals surface area contributed by atoms with E-state index >= 15 is 4.39 Å². The number of unbranched alkanes of at least 4 members (excludes halogenated alkanes) is 1. The Labute approximate surface area is 310 Å². The molecule has 52 heavy (non-hydrogen) atoms. The van der Waals surface area contributed by atoms with E-state index in [0.717, 1.165) is 114 Å². The zero-order valence-corrected chi connectivity index (χ0v) is 31.9. The minimum Gasteiger partial charge on any atom is -0.469 e. The fourth-order valence-corrected chi connectivity index (χ4v) is 11.8. The van der Waals surface area contributed by atoms with Gasteiger partial charge in [-0.1, -0.05) is 44.7 Å². The zero-order chi connectivity index (χ0) is 36.3. The highest BCUT2D eigenvalue weighted by Crippen LogP contribution is 2.55. The minimum atomic E-state index is -3.16. The molecule has 3 aromatic rings. The molecule has 3 atom stereocenters. The summed E-state index contributed by atoms with van der Waals surface area (Å²) in [4.78, 5) is 22.0. The van der Waals surface area contributed by atoms with Gasteiger partial charge in [0.25, 0.3) is 0 Å². The lowest BCUT2D eigenvalue weighted by atomic mass is 9.56. The first-order valence-corrected chi connectivity index (χ1v) is 21.4. The molecule has 8 nitrogen and oxygen atoms in total. The summed E-state index contributed by atoms with van der Waals surface area (Å²) in [5, 5.41) is -0.182. The van der Waals surface area contributed by atoms with E-state index in [9.17, 15) is 13.2 Å². The Morgan fingerprint density at radius 3 is 2.46 bits per heavy atom. The van der Waals surface area contributed by atoms with E-state index in [-0.39, 0.29) is 22.5 Å². The highest BCUT2D eigenvalue weighted by atomic mass is 32.2. The van der Waals surface area contributed by atoms with E-state index in [1.807, 2.05) is 30.5 Å². The van der Waals surface area contributed by atoms with E-state index in [0.29, 0.717) is 35.0 Å². The SMILES string of the molecule is CCc1nccn1C[C@@](c1cccc(F)c1)(C1CCN(CC2CN(c3ccc(S(=O)(=O)C4CC4)cc3)C2)CC1)C1CCC[C@@H]1CCCCC(=O)OC. The smallest absolute Gasteiger partial charge is 0.305 e. The molecule has 4 fully saturated rings. The van der Waals surface area contributed by atoms with Crippen molar-refractivity contribution in [3.63, 3.8) is 0 Å². The number of likely N-dealkylation sites (tertiary alicyclic amines) is 1. The maximum absolute atomic E-state index is 15.2. The fraction of sp³-hybridized carbons (Fsp3) is 0.619. The normalized spacial score (nSPS) is 23.0. The van der Waals surface area contributed by atoms with Crippen molar-refractivity contribution >= 4 is 21.5 Å². The molecule has 0 spiro atoms. The van der Waals surface area contributed by atoms with Crippen LogP contribution in [0.3, 0.4) is 0 Å². The van der Waals surface area contributed by atoms with Crippen LogP contribution in [0.1, 0.15) is 88.9 Å². The summed E-state index contributed by atoms with van der Waals surface area (Å²) in [6, 6.07) is 15.0. The number of hydrogen-bond acceptors (Lipinski definition) is 7. The number of aromatic nitrogens is 2. The maximum Gasteiger partial charge on any atom is 0.305 e. The van der Waals surface area contributed by atoms with Crippen LogP contribution in [0.4, 0.5) is 10.1 Å². The number of carbonyl (C=O) groups excluding carboxylic acids is 1. The summed E-state index contributed by atoms with van der Waals surface area (Å²) in [5.41, 5.74) is 2.01. The molecular formula is C42H57FN4O4S. The lowest BCUT2D eigenvalue weighted by Gasteiger charge is -2.52. The first kappa shape index (κ1) is 37.1. The van der Waals surface area contributed by atoms with Crippen molar-refractivity contribution in [1.82, 2.24) is 14.5 Å². The number of anilines is 1. The second-order valence-electron chi connectivity index (χ2n) is 16.1. The third-order valence-electron chi connectivity index (χ3n) is 12.9. The van der Waals surface area contributed by atoms with Crippen molar-refractivity contribution < 1.29 is 22.3 Å². The molecule has 282 valence electrons. The molecule has 10 heteroatoms. The Morgan fingerprint density at radius 1 is 1.00 bits per heavy atom. The number of halogens is 1. The van der Waals surface area contributed by atoms with Gasteiger partial charge in [-0.25, -0.2) is 17.8 Å². The van der Waals surface area contributed by atoms with Crippen molar-refractivity contribution in [2.75, 3.05) is 44.7 Å². The molecule has 4 aliphatic rings. The van der Waals surface area contributed by atoms with Crippen LogP contribution in [0.25, 0.3) is 0 Å². The van der Waals surface area contributed by atoms with Gasteiger partial charge in [-0.2, -0.15) is 0 Å². The number of hydrogen-bond donors (Lipinski definition) is 0. The minimum absolute atomic E-state index is 0.138. The third-order valence-corrected chi connectivity index (χ3v) is 15.2. The Bertz CT molecular complexity index is 1760. The number of esters is 1. The van der Waals surface area contributed by atoms with E-state index in [1.165, 1.54) is 20.0 Å².